The highest BCUT2D eigenvalue weighted by Crippen LogP contribution is 2.37. The van der Waals surface area contributed by atoms with E-state index in [2.05, 4.69) is 10.2 Å². The molecule has 1 N–H and O–H groups in total. The minimum atomic E-state index is -0.270. The van der Waals surface area contributed by atoms with E-state index in [9.17, 15) is 4.39 Å². The monoisotopic (exact) mass is 350 g/mol. The number of nitrogens with zero attached hydrogens (tertiary/aromatic N) is 1. The average molecular weight is 350 g/mol. The van der Waals surface area contributed by atoms with Gasteiger partial charge in [-0.25, -0.2) is 4.39 Å². The summed E-state index contributed by atoms with van der Waals surface area (Å²) in [6.07, 6.45) is 0.0368. The van der Waals surface area contributed by atoms with Gasteiger partial charge in [-0.1, -0.05) is 0 Å². The van der Waals surface area contributed by atoms with E-state index in [1.54, 1.807) is 12.1 Å². The van der Waals surface area contributed by atoms with Crippen molar-refractivity contribution < 1.29 is 13.5 Å². The third kappa shape index (κ3) is 3.08. The normalized spacial score (nSPS) is 11.4. The minimum absolute atomic E-state index is 0.0368. The molecule has 2 aromatic carbocycles. The second kappa shape index (κ2) is 6.33. The fourth-order valence-corrected chi connectivity index (χ4v) is 2.93. The molecule has 0 radical (unpaired) electrons. The van der Waals surface area contributed by atoms with Crippen molar-refractivity contribution in [1.29, 1.82) is 0 Å². The molecule has 0 aliphatic heterocycles. The molecule has 0 aliphatic rings. The summed E-state index contributed by atoms with van der Waals surface area (Å²) in [5, 5.41) is 8.23. The Balaban J connectivity index is 1.86. The van der Waals surface area contributed by atoms with Crippen molar-refractivity contribution >= 4 is 11.0 Å². The van der Waals surface area contributed by atoms with Gasteiger partial charge in [0.2, 0.25) is 0 Å². The van der Waals surface area contributed by atoms with Gasteiger partial charge in [-0.3, -0.25) is 5.10 Å². The molecule has 0 fully saturated rings. The highest BCUT2D eigenvalue weighted by atomic mass is 19.1. The van der Waals surface area contributed by atoms with E-state index in [1.807, 2.05) is 45.0 Å². The van der Waals surface area contributed by atoms with Gasteiger partial charge in [-0.2, -0.15) is 5.10 Å². The number of fused-ring (bicyclic) bond motifs is 1. The molecule has 0 bridgehead atoms. The maximum Gasteiger partial charge on any atom is 0.135 e. The predicted molar refractivity (Wildman–Crippen MR) is 99.7 cm³/mol. The third-order valence-corrected chi connectivity index (χ3v) is 4.09. The zero-order chi connectivity index (χ0) is 18.3. The largest absolute Gasteiger partial charge is 0.490 e. The van der Waals surface area contributed by atoms with E-state index >= 15 is 0 Å². The van der Waals surface area contributed by atoms with Gasteiger partial charge in [-0.15, -0.1) is 0 Å². The van der Waals surface area contributed by atoms with Gasteiger partial charge < -0.3 is 9.15 Å². The summed E-state index contributed by atoms with van der Waals surface area (Å²) in [6.45, 7) is 5.93. The lowest BCUT2D eigenvalue weighted by molar-refractivity contribution is 0.243. The molecular weight excluding hydrogens is 331 g/mol. The molecule has 5 heteroatoms. The second-order valence-corrected chi connectivity index (χ2v) is 6.61. The van der Waals surface area contributed by atoms with Gasteiger partial charge >= 0.3 is 0 Å². The molecule has 0 aliphatic carbocycles. The Kier molecular flexibility index (Phi) is 3.99. The second-order valence-electron chi connectivity index (χ2n) is 6.61. The van der Waals surface area contributed by atoms with Crippen molar-refractivity contribution in [2.24, 2.45) is 0 Å². The maximum absolute atomic E-state index is 13.2. The fraction of sp³-hybridized carbons (Fsp3) is 0.190. The summed E-state index contributed by atoms with van der Waals surface area (Å²) in [4.78, 5) is 0. The molecule has 0 atom stereocenters. The Hall–Kier alpha value is -3.08. The zero-order valence-electron chi connectivity index (χ0n) is 14.8. The number of ether oxygens (including phenoxy) is 1. The van der Waals surface area contributed by atoms with Crippen molar-refractivity contribution in [2.75, 3.05) is 0 Å². The molecule has 2 heterocycles. The van der Waals surface area contributed by atoms with Crippen LogP contribution in [0.1, 0.15) is 19.5 Å². The highest BCUT2D eigenvalue weighted by molar-refractivity contribution is 5.89. The van der Waals surface area contributed by atoms with Gasteiger partial charge in [0.1, 0.15) is 22.9 Å². The van der Waals surface area contributed by atoms with Crippen LogP contribution in [0.2, 0.25) is 0 Å². The Bertz CT molecular complexity index is 1060. The molecule has 26 heavy (non-hydrogen) atoms. The summed E-state index contributed by atoms with van der Waals surface area (Å²) in [5.41, 5.74) is 4.21. The first-order chi connectivity index (χ1) is 12.5. The first kappa shape index (κ1) is 16.4. The number of aryl methyl sites for hydroxylation is 1. The lowest BCUT2D eigenvalue weighted by Crippen LogP contribution is -2.06. The topological polar surface area (TPSA) is 51.1 Å². The number of H-pyrrole nitrogens is 1. The van der Waals surface area contributed by atoms with E-state index in [4.69, 9.17) is 9.15 Å². The smallest absolute Gasteiger partial charge is 0.135 e. The standard InChI is InChI=1S/C21H19FN2O2/c1-12(2)25-21-10-15-9-19(14-4-6-16(22)7-5-14)26-20(15)11-17(21)18-8-13(3)23-24-18/h4-12H,1-3H3,(H,23,24). The van der Waals surface area contributed by atoms with Crippen LogP contribution in [0.25, 0.3) is 33.6 Å². The van der Waals surface area contributed by atoms with Gasteiger partial charge in [0, 0.05) is 22.2 Å². The van der Waals surface area contributed by atoms with E-state index < -0.39 is 0 Å². The van der Waals surface area contributed by atoms with Crippen LogP contribution in [0.5, 0.6) is 5.75 Å². The van der Waals surface area contributed by atoms with Crippen LogP contribution < -0.4 is 4.74 Å². The molecule has 0 spiro atoms. The fourth-order valence-electron chi connectivity index (χ4n) is 2.93. The van der Waals surface area contributed by atoms with Crippen LogP contribution in [-0.2, 0) is 0 Å². The minimum Gasteiger partial charge on any atom is -0.490 e. The molecule has 4 rings (SSSR count). The summed E-state index contributed by atoms with van der Waals surface area (Å²) >= 11 is 0. The quantitative estimate of drug-likeness (QED) is 0.512. The van der Waals surface area contributed by atoms with Crippen LogP contribution >= 0.6 is 0 Å². The number of aromatic nitrogens is 2. The number of furan rings is 1. The van der Waals surface area contributed by atoms with Crippen molar-refractivity contribution in [3.63, 3.8) is 0 Å². The number of rotatable bonds is 4. The van der Waals surface area contributed by atoms with Crippen LogP contribution in [0, 0.1) is 12.7 Å². The first-order valence-electron chi connectivity index (χ1n) is 8.52. The number of hydrogen-bond acceptors (Lipinski definition) is 3. The Morgan fingerprint density at radius 2 is 1.85 bits per heavy atom. The van der Waals surface area contributed by atoms with Crippen LogP contribution in [0.4, 0.5) is 4.39 Å². The molecule has 0 saturated heterocycles. The molecule has 132 valence electrons. The van der Waals surface area contributed by atoms with Crippen LogP contribution in [0.15, 0.2) is 52.9 Å². The lowest BCUT2D eigenvalue weighted by Gasteiger charge is -2.13. The number of aromatic amines is 1. The van der Waals surface area contributed by atoms with E-state index in [1.165, 1.54) is 12.1 Å². The maximum atomic E-state index is 13.2. The number of halogens is 1. The third-order valence-electron chi connectivity index (χ3n) is 4.09. The van der Waals surface area contributed by atoms with Gasteiger partial charge in [0.15, 0.2) is 0 Å². The first-order valence-corrected chi connectivity index (χ1v) is 8.52. The molecule has 2 aromatic heterocycles. The highest BCUT2D eigenvalue weighted by Gasteiger charge is 2.16. The van der Waals surface area contributed by atoms with E-state index in [0.717, 1.165) is 39.2 Å². The number of hydrogen-bond donors (Lipinski definition) is 1. The molecule has 0 amide bonds. The summed E-state index contributed by atoms with van der Waals surface area (Å²) in [5.74, 6) is 1.17. The van der Waals surface area contributed by atoms with Crippen LogP contribution in [0.3, 0.4) is 0 Å². The van der Waals surface area contributed by atoms with Gasteiger partial charge in [0.05, 0.1) is 11.8 Å². The summed E-state index contributed by atoms with van der Waals surface area (Å²) in [6, 6.07) is 14.1. The molecule has 4 nitrogen and oxygen atoms in total. The average Bonchev–Trinajstić information content (AvgIpc) is 3.20. The van der Waals surface area contributed by atoms with E-state index in [-0.39, 0.29) is 11.9 Å². The zero-order valence-corrected chi connectivity index (χ0v) is 14.8. The number of benzene rings is 2. The van der Waals surface area contributed by atoms with Crippen molar-refractivity contribution in [3.8, 4) is 28.3 Å². The van der Waals surface area contributed by atoms with Crippen molar-refractivity contribution in [1.82, 2.24) is 10.2 Å². The van der Waals surface area contributed by atoms with Crippen molar-refractivity contribution in [2.45, 2.75) is 26.9 Å². The van der Waals surface area contributed by atoms with Gasteiger partial charge in [0.25, 0.3) is 0 Å². The molecule has 4 aromatic rings. The predicted octanol–water partition coefficient (Wildman–Crippen LogP) is 5.72. The Labute approximate surface area is 150 Å². The lowest BCUT2D eigenvalue weighted by atomic mass is 10.1. The van der Waals surface area contributed by atoms with Crippen LogP contribution in [-0.4, -0.2) is 16.3 Å². The van der Waals surface area contributed by atoms with Crippen molar-refractivity contribution in [3.05, 3.63) is 60.0 Å². The number of nitrogens with one attached hydrogen (secondary N) is 1. The summed E-state index contributed by atoms with van der Waals surface area (Å²) < 4.78 is 25.2. The van der Waals surface area contributed by atoms with Gasteiger partial charge in [-0.05, 0) is 69.3 Å². The van der Waals surface area contributed by atoms with E-state index in [0.29, 0.717) is 5.76 Å². The summed E-state index contributed by atoms with van der Waals surface area (Å²) in [7, 11) is 0. The Morgan fingerprint density at radius 1 is 1.08 bits per heavy atom. The molecular formula is C21H19FN2O2. The molecule has 0 unspecified atom stereocenters. The Morgan fingerprint density at radius 3 is 2.50 bits per heavy atom. The SMILES string of the molecule is Cc1cc(-c2cc3oc(-c4ccc(F)cc4)cc3cc2OC(C)C)n[nH]1. The molecule has 0 saturated carbocycles.